The molecule has 0 aromatic carbocycles. The van der Waals surface area contributed by atoms with Gasteiger partial charge < -0.3 is 10.6 Å². The molecule has 3 heterocycles. The molecule has 102 valence electrons. The Balaban J connectivity index is 1.78. The minimum atomic E-state index is 0.554. The topological polar surface area (TPSA) is 59.5 Å². The molecule has 0 bridgehead atoms. The van der Waals surface area contributed by atoms with Crippen LogP contribution in [0.2, 0.25) is 0 Å². The normalized spacial score (nSPS) is 18.5. The van der Waals surface area contributed by atoms with E-state index in [-0.39, 0.29) is 0 Å². The van der Waals surface area contributed by atoms with Gasteiger partial charge in [0.1, 0.15) is 0 Å². The molecule has 5 nitrogen and oxygen atoms in total. The van der Waals surface area contributed by atoms with Gasteiger partial charge in [0.2, 0.25) is 0 Å². The highest BCUT2D eigenvalue weighted by Crippen LogP contribution is 2.28. The number of likely N-dealkylation sites (tertiary alicyclic amines) is 1. The summed E-state index contributed by atoms with van der Waals surface area (Å²) in [6, 6.07) is 2.73. The van der Waals surface area contributed by atoms with Crippen LogP contribution in [0.25, 0.3) is 5.65 Å². The van der Waals surface area contributed by atoms with Gasteiger partial charge in [-0.05, 0) is 39.8 Å². The van der Waals surface area contributed by atoms with Crippen molar-refractivity contribution in [2.24, 2.45) is 0 Å². The summed E-state index contributed by atoms with van der Waals surface area (Å²) in [6.45, 7) is 6.84. The molecule has 2 aromatic rings. The zero-order valence-corrected chi connectivity index (χ0v) is 11.6. The van der Waals surface area contributed by atoms with Gasteiger partial charge in [-0.1, -0.05) is 0 Å². The lowest BCUT2D eigenvalue weighted by Crippen LogP contribution is -2.37. The maximum Gasteiger partial charge on any atom is 0.155 e. The fourth-order valence-electron chi connectivity index (χ4n) is 2.82. The van der Waals surface area contributed by atoms with Gasteiger partial charge in [0.05, 0.1) is 23.8 Å². The molecule has 5 heteroatoms. The summed E-state index contributed by atoms with van der Waals surface area (Å²) >= 11 is 0. The smallest absolute Gasteiger partial charge is 0.155 e. The number of anilines is 1. The van der Waals surface area contributed by atoms with Crippen LogP contribution in [-0.4, -0.2) is 38.6 Å². The van der Waals surface area contributed by atoms with E-state index < -0.39 is 0 Å². The molecule has 3 rings (SSSR count). The van der Waals surface area contributed by atoms with E-state index in [4.69, 9.17) is 5.73 Å². The molecule has 0 atom stereocenters. The van der Waals surface area contributed by atoms with E-state index in [1.807, 2.05) is 6.20 Å². The van der Waals surface area contributed by atoms with Crippen molar-refractivity contribution in [3.63, 3.8) is 0 Å². The first-order valence-corrected chi connectivity index (χ1v) is 6.98. The molecule has 0 aliphatic carbocycles. The minimum Gasteiger partial charge on any atom is -0.396 e. The predicted octanol–water partition coefficient (Wildman–Crippen LogP) is 1.90. The number of hydrogen-bond acceptors (Lipinski definition) is 4. The van der Waals surface area contributed by atoms with E-state index in [0.29, 0.717) is 17.6 Å². The van der Waals surface area contributed by atoms with Crippen LogP contribution in [0, 0.1) is 0 Å². The molecule has 0 radical (unpaired) electrons. The monoisotopic (exact) mass is 259 g/mol. The van der Waals surface area contributed by atoms with E-state index in [0.717, 1.165) is 24.4 Å². The first kappa shape index (κ1) is 12.4. The van der Waals surface area contributed by atoms with Crippen LogP contribution >= 0.6 is 0 Å². The number of fused-ring (bicyclic) bond motifs is 1. The largest absolute Gasteiger partial charge is 0.396 e. The first-order valence-electron chi connectivity index (χ1n) is 6.98. The summed E-state index contributed by atoms with van der Waals surface area (Å²) in [7, 11) is 0. The second-order valence-electron chi connectivity index (χ2n) is 5.66. The summed E-state index contributed by atoms with van der Waals surface area (Å²) in [5, 5.41) is 4.62. The van der Waals surface area contributed by atoms with E-state index in [1.54, 1.807) is 10.7 Å². The predicted molar refractivity (Wildman–Crippen MR) is 76.1 cm³/mol. The molecule has 1 saturated heterocycles. The molecule has 0 saturated carbocycles. The number of nitrogens with zero attached hydrogens (tertiary/aromatic N) is 4. The van der Waals surface area contributed by atoms with Crippen molar-refractivity contribution >= 4 is 11.3 Å². The second kappa shape index (κ2) is 4.81. The quantitative estimate of drug-likeness (QED) is 0.895. The second-order valence-corrected chi connectivity index (χ2v) is 5.66. The van der Waals surface area contributed by atoms with Crippen molar-refractivity contribution in [1.29, 1.82) is 0 Å². The number of nitrogens with two attached hydrogens (primary N) is 1. The summed E-state index contributed by atoms with van der Waals surface area (Å²) in [4.78, 5) is 6.83. The van der Waals surface area contributed by atoms with Crippen LogP contribution in [0.5, 0.6) is 0 Å². The molecule has 0 amide bonds. The molecule has 2 aromatic heterocycles. The molecular weight excluding hydrogens is 238 g/mol. The Bertz CT molecular complexity index is 566. The maximum atomic E-state index is 5.73. The summed E-state index contributed by atoms with van der Waals surface area (Å²) in [5.41, 5.74) is 8.42. The van der Waals surface area contributed by atoms with Gasteiger partial charge in [0.15, 0.2) is 5.65 Å². The standard InChI is InChI=1S/C14H21N5/c1-10(2)18-5-3-11(4-6-18)13-7-14-16-8-12(15)9-19(14)17-13/h7-11H,3-6,15H2,1-2H3. The molecule has 0 unspecified atom stereocenters. The van der Waals surface area contributed by atoms with Gasteiger partial charge in [-0.2, -0.15) is 5.10 Å². The van der Waals surface area contributed by atoms with E-state index in [9.17, 15) is 0 Å². The van der Waals surface area contributed by atoms with Crippen LogP contribution < -0.4 is 5.73 Å². The third-order valence-corrected chi connectivity index (χ3v) is 4.03. The van der Waals surface area contributed by atoms with Gasteiger partial charge in [0, 0.05) is 18.0 Å². The van der Waals surface area contributed by atoms with Crippen molar-refractivity contribution in [2.75, 3.05) is 18.8 Å². The minimum absolute atomic E-state index is 0.554. The van der Waals surface area contributed by atoms with Gasteiger partial charge in [0.25, 0.3) is 0 Å². The highest BCUT2D eigenvalue weighted by molar-refractivity contribution is 5.45. The number of hydrogen-bond donors (Lipinski definition) is 1. The van der Waals surface area contributed by atoms with E-state index in [2.05, 4.69) is 34.9 Å². The number of rotatable bonds is 2. The molecule has 0 spiro atoms. The SMILES string of the molecule is CC(C)N1CCC(c2cc3ncc(N)cn3n2)CC1. The Kier molecular flexibility index (Phi) is 3.14. The average Bonchev–Trinajstić information content (AvgIpc) is 2.81. The van der Waals surface area contributed by atoms with Gasteiger partial charge in [-0.3, -0.25) is 0 Å². The molecule has 1 aliphatic rings. The lowest BCUT2D eigenvalue weighted by atomic mass is 9.93. The average molecular weight is 259 g/mol. The summed E-state index contributed by atoms with van der Waals surface area (Å²) in [5.74, 6) is 0.554. The molecular formula is C14H21N5. The van der Waals surface area contributed by atoms with Crippen molar-refractivity contribution < 1.29 is 0 Å². The van der Waals surface area contributed by atoms with Crippen molar-refractivity contribution in [3.05, 3.63) is 24.2 Å². The molecule has 19 heavy (non-hydrogen) atoms. The molecule has 1 aliphatic heterocycles. The third kappa shape index (κ3) is 2.42. The Labute approximate surface area is 113 Å². The third-order valence-electron chi connectivity index (χ3n) is 4.03. The zero-order valence-electron chi connectivity index (χ0n) is 11.6. The lowest BCUT2D eigenvalue weighted by molar-refractivity contribution is 0.170. The molecule has 1 fully saturated rings. The fraction of sp³-hybridized carbons (Fsp3) is 0.571. The van der Waals surface area contributed by atoms with Crippen LogP contribution in [0.4, 0.5) is 5.69 Å². The Morgan fingerprint density at radius 1 is 1.32 bits per heavy atom. The van der Waals surface area contributed by atoms with Gasteiger partial charge >= 0.3 is 0 Å². The first-order chi connectivity index (χ1) is 9.13. The number of piperidine rings is 1. The van der Waals surface area contributed by atoms with Gasteiger partial charge in [-0.15, -0.1) is 0 Å². The molecule has 2 N–H and O–H groups in total. The summed E-state index contributed by atoms with van der Waals surface area (Å²) in [6.07, 6.45) is 5.87. The highest BCUT2D eigenvalue weighted by atomic mass is 15.3. The summed E-state index contributed by atoms with van der Waals surface area (Å²) < 4.78 is 1.79. The zero-order chi connectivity index (χ0) is 13.4. The van der Waals surface area contributed by atoms with E-state index in [1.165, 1.54) is 12.8 Å². The highest BCUT2D eigenvalue weighted by Gasteiger charge is 2.24. The Morgan fingerprint density at radius 3 is 2.74 bits per heavy atom. The van der Waals surface area contributed by atoms with Crippen molar-refractivity contribution in [1.82, 2.24) is 19.5 Å². The van der Waals surface area contributed by atoms with Gasteiger partial charge in [-0.25, -0.2) is 9.50 Å². The fourth-order valence-corrected chi connectivity index (χ4v) is 2.82. The number of aromatic nitrogens is 3. The number of nitrogen functional groups attached to an aromatic ring is 1. The van der Waals surface area contributed by atoms with Crippen LogP contribution in [0.15, 0.2) is 18.5 Å². The maximum absolute atomic E-state index is 5.73. The van der Waals surface area contributed by atoms with Crippen molar-refractivity contribution in [2.45, 2.75) is 38.6 Å². The van der Waals surface area contributed by atoms with E-state index >= 15 is 0 Å². The lowest BCUT2D eigenvalue weighted by Gasteiger charge is -2.33. The van der Waals surface area contributed by atoms with Crippen LogP contribution in [0.1, 0.15) is 38.3 Å². The van der Waals surface area contributed by atoms with Crippen LogP contribution in [0.3, 0.4) is 0 Å². The van der Waals surface area contributed by atoms with Crippen molar-refractivity contribution in [3.8, 4) is 0 Å². The van der Waals surface area contributed by atoms with Crippen LogP contribution in [-0.2, 0) is 0 Å². The Morgan fingerprint density at radius 2 is 2.05 bits per heavy atom. The Hall–Kier alpha value is -1.62.